The van der Waals surface area contributed by atoms with Crippen LogP contribution in [-0.4, -0.2) is 9.97 Å². The summed E-state index contributed by atoms with van der Waals surface area (Å²) in [5.41, 5.74) is 7.41. The zero-order valence-corrected chi connectivity index (χ0v) is 8.84. The second-order valence-electron chi connectivity index (χ2n) is 3.33. The summed E-state index contributed by atoms with van der Waals surface area (Å²) in [6.07, 6.45) is 4.98. The number of hydrogen-bond donors (Lipinski definition) is 1. The quantitative estimate of drug-likeness (QED) is 0.839. The minimum Gasteiger partial charge on any atom is -0.487 e. The molecule has 2 N–H and O–H groups in total. The van der Waals surface area contributed by atoms with E-state index in [-0.39, 0.29) is 0 Å². The number of benzene rings is 1. The molecule has 0 radical (unpaired) electrons. The Morgan fingerprint density at radius 3 is 2.56 bits per heavy atom. The Kier molecular flexibility index (Phi) is 3.46. The summed E-state index contributed by atoms with van der Waals surface area (Å²) in [6, 6.07) is 7.70. The minimum atomic E-state index is 0.426. The predicted molar refractivity (Wildman–Crippen MR) is 60.7 cm³/mol. The van der Waals surface area contributed by atoms with Gasteiger partial charge in [0.05, 0.1) is 11.9 Å². The molecule has 0 saturated carbocycles. The van der Waals surface area contributed by atoms with Crippen LogP contribution in [0.2, 0.25) is 0 Å². The zero-order chi connectivity index (χ0) is 11.2. The van der Waals surface area contributed by atoms with Gasteiger partial charge in [-0.25, -0.2) is 0 Å². The number of hydrogen-bond acceptors (Lipinski definition) is 4. The molecule has 1 aromatic heterocycles. The Bertz CT molecular complexity index is 428. The SMILES string of the molecule is NCc1ccc(OCc2cnccn2)cc1. The first-order valence-electron chi connectivity index (χ1n) is 5.05. The minimum absolute atomic E-state index is 0.426. The van der Waals surface area contributed by atoms with Crippen molar-refractivity contribution in [2.45, 2.75) is 13.2 Å². The van der Waals surface area contributed by atoms with Crippen LogP contribution in [0.5, 0.6) is 5.75 Å². The van der Waals surface area contributed by atoms with Gasteiger partial charge in [0.2, 0.25) is 0 Å². The van der Waals surface area contributed by atoms with Crippen molar-refractivity contribution in [3.8, 4) is 5.75 Å². The van der Waals surface area contributed by atoms with Crippen LogP contribution < -0.4 is 10.5 Å². The zero-order valence-electron chi connectivity index (χ0n) is 8.84. The Morgan fingerprint density at radius 1 is 1.12 bits per heavy atom. The van der Waals surface area contributed by atoms with E-state index < -0.39 is 0 Å². The highest BCUT2D eigenvalue weighted by Crippen LogP contribution is 2.12. The third kappa shape index (κ3) is 2.77. The predicted octanol–water partition coefficient (Wildman–Crippen LogP) is 1.51. The molecule has 0 saturated heterocycles. The smallest absolute Gasteiger partial charge is 0.132 e. The highest BCUT2D eigenvalue weighted by atomic mass is 16.5. The van der Waals surface area contributed by atoms with E-state index in [1.54, 1.807) is 18.6 Å². The summed E-state index contributed by atoms with van der Waals surface area (Å²) >= 11 is 0. The molecule has 0 atom stereocenters. The van der Waals surface area contributed by atoms with Gasteiger partial charge in [-0.15, -0.1) is 0 Å². The molecular formula is C12H13N3O. The van der Waals surface area contributed by atoms with Gasteiger partial charge in [-0.3, -0.25) is 9.97 Å². The number of rotatable bonds is 4. The molecule has 0 unspecified atom stereocenters. The molecule has 2 aromatic rings. The summed E-state index contributed by atoms with van der Waals surface area (Å²) in [5, 5.41) is 0. The van der Waals surface area contributed by atoms with E-state index in [2.05, 4.69) is 9.97 Å². The van der Waals surface area contributed by atoms with Gasteiger partial charge in [-0.1, -0.05) is 12.1 Å². The summed E-state index contributed by atoms with van der Waals surface area (Å²) < 4.78 is 5.55. The average molecular weight is 215 g/mol. The Morgan fingerprint density at radius 2 is 1.94 bits per heavy atom. The van der Waals surface area contributed by atoms with Gasteiger partial charge in [0.1, 0.15) is 12.4 Å². The third-order valence-electron chi connectivity index (χ3n) is 2.16. The van der Waals surface area contributed by atoms with Crippen LogP contribution in [0.4, 0.5) is 0 Å². The molecule has 0 fully saturated rings. The molecule has 4 heteroatoms. The highest BCUT2D eigenvalue weighted by molar-refractivity contribution is 5.27. The maximum Gasteiger partial charge on any atom is 0.132 e. The van der Waals surface area contributed by atoms with Crippen LogP contribution in [0.1, 0.15) is 11.3 Å². The monoisotopic (exact) mass is 215 g/mol. The number of nitrogens with zero attached hydrogens (tertiary/aromatic N) is 2. The third-order valence-corrected chi connectivity index (χ3v) is 2.16. The van der Waals surface area contributed by atoms with Crippen molar-refractivity contribution < 1.29 is 4.74 Å². The fourth-order valence-corrected chi connectivity index (χ4v) is 1.28. The van der Waals surface area contributed by atoms with Crippen molar-refractivity contribution >= 4 is 0 Å². The van der Waals surface area contributed by atoms with Crippen LogP contribution in [0.3, 0.4) is 0 Å². The van der Waals surface area contributed by atoms with Crippen LogP contribution in [-0.2, 0) is 13.2 Å². The molecule has 82 valence electrons. The number of ether oxygens (including phenoxy) is 1. The largest absolute Gasteiger partial charge is 0.487 e. The van der Waals surface area contributed by atoms with Gasteiger partial charge < -0.3 is 10.5 Å². The number of aromatic nitrogens is 2. The lowest BCUT2D eigenvalue weighted by molar-refractivity contribution is 0.300. The number of nitrogens with two attached hydrogens (primary N) is 1. The Labute approximate surface area is 94.1 Å². The Balaban J connectivity index is 1.94. The molecular weight excluding hydrogens is 202 g/mol. The van der Waals surface area contributed by atoms with Gasteiger partial charge in [0.15, 0.2) is 0 Å². The molecule has 2 rings (SSSR count). The molecule has 1 aromatic carbocycles. The Hall–Kier alpha value is -1.94. The molecule has 16 heavy (non-hydrogen) atoms. The fraction of sp³-hybridized carbons (Fsp3) is 0.167. The lowest BCUT2D eigenvalue weighted by Gasteiger charge is -2.05. The molecule has 0 amide bonds. The van der Waals surface area contributed by atoms with E-state index in [1.807, 2.05) is 24.3 Å². The lowest BCUT2D eigenvalue weighted by atomic mass is 10.2. The van der Waals surface area contributed by atoms with Crippen molar-refractivity contribution in [1.82, 2.24) is 9.97 Å². The van der Waals surface area contributed by atoms with Crippen LogP contribution in [0, 0.1) is 0 Å². The summed E-state index contributed by atoms with van der Waals surface area (Å²) in [6.45, 7) is 0.972. The normalized spacial score (nSPS) is 10.1. The first-order chi connectivity index (χ1) is 7.88. The van der Waals surface area contributed by atoms with Crippen LogP contribution in [0.25, 0.3) is 0 Å². The second-order valence-corrected chi connectivity index (χ2v) is 3.33. The molecule has 0 bridgehead atoms. The fourth-order valence-electron chi connectivity index (χ4n) is 1.28. The molecule has 1 heterocycles. The molecule has 0 aliphatic carbocycles. The van der Waals surface area contributed by atoms with Gasteiger partial charge in [0, 0.05) is 18.9 Å². The summed E-state index contributed by atoms with van der Waals surface area (Å²) in [7, 11) is 0. The molecule has 4 nitrogen and oxygen atoms in total. The van der Waals surface area contributed by atoms with E-state index in [4.69, 9.17) is 10.5 Å². The first kappa shape index (κ1) is 10.6. The maximum absolute atomic E-state index is 5.55. The van der Waals surface area contributed by atoms with Gasteiger partial charge in [0.25, 0.3) is 0 Å². The van der Waals surface area contributed by atoms with E-state index >= 15 is 0 Å². The van der Waals surface area contributed by atoms with Crippen LogP contribution in [0.15, 0.2) is 42.9 Å². The average Bonchev–Trinajstić information content (AvgIpc) is 2.38. The summed E-state index contributed by atoms with van der Waals surface area (Å²) in [5.74, 6) is 0.808. The van der Waals surface area contributed by atoms with E-state index in [9.17, 15) is 0 Å². The molecule has 0 aliphatic rings. The van der Waals surface area contributed by atoms with E-state index in [0.29, 0.717) is 13.2 Å². The second kappa shape index (κ2) is 5.23. The maximum atomic E-state index is 5.55. The van der Waals surface area contributed by atoms with Gasteiger partial charge >= 0.3 is 0 Å². The first-order valence-corrected chi connectivity index (χ1v) is 5.05. The van der Waals surface area contributed by atoms with Gasteiger partial charge in [-0.05, 0) is 17.7 Å². The van der Waals surface area contributed by atoms with Crippen molar-refractivity contribution in [3.63, 3.8) is 0 Å². The topological polar surface area (TPSA) is 61.0 Å². The van der Waals surface area contributed by atoms with Crippen molar-refractivity contribution in [3.05, 3.63) is 54.1 Å². The lowest BCUT2D eigenvalue weighted by Crippen LogP contribution is -1.99. The molecule has 0 aliphatic heterocycles. The molecule has 0 spiro atoms. The summed E-state index contributed by atoms with van der Waals surface area (Å²) in [4.78, 5) is 8.09. The van der Waals surface area contributed by atoms with Crippen molar-refractivity contribution in [2.75, 3.05) is 0 Å². The van der Waals surface area contributed by atoms with Crippen molar-refractivity contribution in [2.24, 2.45) is 5.73 Å². The van der Waals surface area contributed by atoms with Crippen LogP contribution >= 0.6 is 0 Å². The van der Waals surface area contributed by atoms with Crippen molar-refractivity contribution in [1.29, 1.82) is 0 Å². The van der Waals surface area contributed by atoms with Gasteiger partial charge in [-0.2, -0.15) is 0 Å². The highest BCUT2D eigenvalue weighted by Gasteiger charge is 1.96. The standard InChI is InChI=1S/C12H13N3O/c13-7-10-1-3-12(4-2-10)16-9-11-8-14-5-6-15-11/h1-6,8H,7,9,13H2. The van der Waals surface area contributed by atoms with E-state index in [0.717, 1.165) is 17.0 Å². The van der Waals surface area contributed by atoms with E-state index in [1.165, 1.54) is 0 Å².